The minimum atomic E-state index is -0.823. The van der Waals surface area contributed by atoms with Crippen LogP contribution in [0, 0.1) is 5.92 Å². The van der Waals surface area contributed by atoms with Crippen LogP contribution in [0.15, 0.2) is 11.4 Å². The van der Waals surface area contributed by atoms with Crippen LogP contribution in [0.1, 0.15) is 35.9 Å². The first-order valence-electron chi connectivity index (χ1n) is 5.77. The van der Waals surface area contributed by atoms with E-state index in [9.17, 15) is 4.79 Å². The lowest BCUT2D eigenvalue weighted by Gasteiger charge is -2.32. The first-order valence-corrected chi connectivity index (χ1v) is 6.65. The maximum atomic E-state index is 10.8. The zero-order valence-corrected chi connectivity index (χ0v) is 10.3. The molecule has 0 aliphatic heterocycles. The predicted octanol–water partition coefficient (Wildman–Crippen LogP) is 3.07. The molecule has 0 unspecified atom stereocenters. The SMILES string of the molecule is CCN(CC1CCC1)c1csc(C(=O)O)c1. The summed E-state index contributed by atoms with van der Waals surface area (Å²) in [6.07, 6.45) is 4.01. The van der Waals surface area contributed by atoms with Crippen LogP contribution in [0.4, 0.5) is 5.69 Å². The van der Waals surface area contributed by atoms with Gasteiger partial charge >= 0.3 is 5.97 Å². The lowest BCUT2D eigenvalue weighted by molar-refractivity contribution is 0.0702. The molecule has 0 saturated heterocycles. The van der Waals surface area contributed by atoms with Crippen LogP contribution in [0.25, 0.3) is 0 Å². The average Bonchev–Trinajstić information content (AvgIpc) is 2.65. The summed E-state index contributed by atoms with van der Waals surface area (Å²) in [5.74, 6) is -0.0101. The van der Waals surface area contributed by atoms with Crippen molar-refractivity contribution in [2.75, 3.05) is 18.0 Å². The Balaban J connectivity index is 2.03. The fraction of sp³-hybridized carbons (Fsp3) is 0.583. The molecule has 1 aromatic rings. The molecule has 0 atom stereocenters. The van der Waals surface area contributed by atoms with Crippen molar-refractivity contribution in [3.63, 3.8) is 0 Å². The van der Waals surface area contributed by atoms with Crippen LogP contribution in [0.5, 0.6) is 0 Å². The number of thiophene rings is 1. The van der Waals surface area contributed by atoms with E-state index < -0.39 is 5.97 Å². The fourth-order valence-electron chi connectivity index (χ4n) is 2.01. The molecule has 16 heavy (non-hydrogen) atoms. The van der Waals surface area contributed by atoms with Crippen molar-refractivity contribution in [2.45, 2.75) is 26.2 Å². The second-order valence-corrected chi connectivity index (χ2v) is 5.22. The summed E-state index contributed by atoms with van der Waals surface area (Å²) in [5.41, 5.74) is 1.07. The number of carbonyl (C=O) groups is 1. The first kappa shape index (κ1) is 11.5. The Kier molecular flexibility index (Phi) is 3.49. The van der Waals surface area contributed by atoms with Crippen molar-refractivity contribution in [1.82, 2.24) is 0 Å². The highest BCUT2D eigenvalue weighted by atomic mass is 32.1. The highest BCUT2D eigenvalue weighted by Gasteiger charge is 2.21. The van der Waals surface area contributed by atoms with Gasteiger partial charge in [0.25, 0.3) is 0 Å². The second kappa shape index (κ2) is 4.87. The maximum absolute atomic E-state index is 10.8. The van der Waals surface area contributed by atoms with E-state index in [0.29, 0.717) is 4.88 Å². The number of nitrogens with zero attached hydrogens (tertiary/aromatic N) is 1. The van der Waals surface area contributed by atoms with Gasteiger partial charge in [-0.25, -0.2) is 4.79 Å². The van der Waals surface area contributed by atoms with Gasteiger partial charge in [-0.2, -0.15) is 0 Å². The minimum absolute atomic E-state index is 0.432. The Morgan fingerprint density at radius 3 is 2.81 bits per heavy atom. The zero-order valence-electron chi connectivity index (χ0n) is 9.48. The van der Waals surface area contributed by atoms with E-state index in [0.717, 1.165) is 24.7 Å². The predicted molar refractivity (Wildman–Crippen MR) is 66.5 cm³/mol. The summed E-state index contributed by atoms with van der Waals surface area (Å²) < 4.78 is 0. The molecule has 3 nitrogen and oxygen atoms in total. The molecule has 1 aliphatic carbocycles. The van der Waals surface area contributed by atoms with Crippen LogP contribution in [0.3, 0.4) is 0 Å². The smallest absolute Gasteiger partial charge is 0.345 e. The Bertz CT molecular complexity index is 371. The van der Waals surface area contributed by atoms with Gasteiger partial charge in [0.15, 0.2) is 0 Å². The molecule has 1 aromatic heterocycles. The van der Waals surface area contributed by atoms with Crippen molar-refractivity contribution in [1.29, 1.82) is 0 Å². The Morgan fingerprint density at radius 1 is 1.62 bits per heavy atom. The minimum Gasteiger partial charge on any atom is -0.477 e. The molecule has 0 aromatic carbocycles. The number of hydrogen-bond donors (Lipinski definition) is 1. The van der Waals surface area contributed by atoms with Crippen molar-refractivity contribution < 1.29 is 9.90 Å². The molecular formula is C12H17NO2S. The van der Waals surface area contributed by atoms with Crippen molar-refractivity contribution >= 4 is 23.0 Å². The van der Waals surface area contributed by atoms with Crippen LogP contribution in [-0.4, -0.2) is 24.2 Å². The molecule has 0 radical (unpaired) electrons. The number of anilines is 1. The molecule has 0 spiro atoms. The molecule has 1 heterocycles. The van der Waals surface area contributed by atoms with Crippen molar-refractivity contribution in [3.05, 3.63) is 16.3 Å². The molecule has 1 fully saturated rings. The Labute approximate surface area is 99.7 Å². The maximum Gasteiger partial charge on any atom is 0.345 e. The molecule has 0 bridgehead atoms. The fourth-order valence-corrected chi connectivity index (χ4v) is 2.76. The number of aromatic carboxylic acids is 1. The van der Waals surface area contributed by atoms with Gasteiger partial charge in [-0.05, 0) is 31.7 Å². The molecule has 1 saturated carbocycles. The first-order chi connectivity index (χ1) is 7.70. The molecule has 88 valence electrons. The number of carboxylic acids is 1. The van der Waals surface area contributed by atoms with Crippen molar-refractivity contribution in [3.8, 4) is 0 Å². The number of hydrogen-bond acceptors (Lipinski definition) is 3. The number of rotatable bonds is 5. The Morgan fingerprint density at radius 2 is 2.38 bits per heavy atom. The van der Waals surface area contributed by atoms with E-state index in [2.05, 4.69) is 11.8 Å². The largest absolute Gasteiger partial charge is 0.477 e. The van der Waals surface area contributed by atoms with Crippen LogP contribution in [0.2, 0.25) is 0 Å². The second-order valence-electron chi connectivity index (χ2n) is 4.31. The highest BCUT2D eigenvalue weighted by Crippen LogP contribution is 2.30. The van der Waals surface area contributed by atoms with E-state index in [1.165, 1.54) is 30.6 Å². The van der Waals surface area contributed by atoms with Gasteiger partial charge in [0.05, 0.1) is 0 Å². The van der Waals surface area contributed by atoms with E-state index in [1.807, 2.05) is 5.38 Å². The van der Waals surface area contributed by atoms with E-state index in [4.69, 9.17) is 5.11 Å². The van der Waals surface area contributed by atoms with Gasteiger partial charge < -0.3 is 10.0 Å². The molecule has 2 rings (SSSR count). The van der Waals surface area contributed by atoms with E-state index in [-0.39, 0.29) is 0 Å². The standard InChI is InChI=1S/C12H17NO2S/c1-2-13(7-9-4-3-5-9)10-6-11(12(14)15)16-8-10/h6,8-9H,2-5,7H2,1H3,(H,14,15). The summed E-state index contributed by atoms with van der Waals surface area (Å²) in [6.45, 7) is 4.15. The van der Waals surface area contributed by atoms with Gasteiger partial charge in [0.2, 0.25) is 0 Å². The molecular weight excluding hydrogens is 222 g/mol. The van der Waals surface area contributed by atoms with Gasteiger partial charge in [-0.15, -0.1) is 11.3 Å². The third-order valence-corrected chi connectivity index (χ3v) is 4.15. The number of carboxylic acid groups (broad SMARTS) is 1. The van der Waals surface area contributed by atoms with Crippen LogP contribution < -0.4 is 4.90 Å². The normalized spacial score (nSPS) is 15.8. The molecule has 0 amide bonds. The lowest BCUT2D eigenvalue weighted by atomic mass is 9.85. The quantitative estimate of drug-likeness (QED) is 0.858. The van der Waals surface area contributed by atoms with Crippen LogP contribution in [-0.2, 0) is 0 Å². The Hall–Kier alpha value is -1.03. The van der Waals surface area contributed by atoms with Gasteiger partial charge in [0.1, 0.15) is 4.88 Å². The van der Waals surface area contributed by atoms with E-state index in [1.54, 1.807) is 6.07 Å². The summed E-state index contributed by atoms with van der Waals surface area (Å²) in [5, 5.41) is 10.8. The summed E-state index contributed by atoms with van der Waals surface area (Å²) in [4.78, 5) is 13.5. The van der Waals surface area contributed by atoms with Gasteiger partial charge in [0, 0.05) is 24.2 Å². The molecule has 1 aliphatic rings. The third kappa shape index (κ3) is 2.38. The van der Waals surface area contributed by atoms with Crippen LogP contribution >= 0.6 is 11.3 Å². The average molecular weight is 239 g/mol. The molecule has 1 N–H and O–H groups in total. The third-order valence-electron chi connectivity index (χ3n) is 3.25. The van der Waals surface area contributed by atoms with E-state index >= 15 is 0 Å². The monoisotopic (exact) mass is 239 g/mol. The lowest BCUT2D eigenvalue weighted by Crippen LogP contribution is -2.32. The summed E-state index contributed by atoms with van der Waals surface area (Å²) in [6, 6.07) is 1.79. The van der Waals surface area contributed by atoms with Crippen molar-refractivity contribution in [2.24, 2.45) is 5.92 Å². The summed E-state index contributed by atoms with van der Waals surface area (Å²) in [7, 11) is 0. The van der Waals surface area contributed by atoms with Gasteiger partial charge in [-0.3, -0.25) is 0 Å². The molecule has 4 heteroatoms. The topological polar surface area (TPSA) is 40.5 Å². The summed E-state index contributed by atoms with van der Waals surface area (Å²) >= 11 is 1.31. The van der Waals surface area contributed by atoms with Gasteiger partial charge in [-0.1, -0.05) is 6.42 Å². The highest BCUT2D eigenvalue weighted by molar-refractivity contribution is 7.12. The zero-order chi connectivity index (χ0) is 11.5.